The molecule has 0 saturated carbocycles. The van der Waals surface area contributed by atoms with E-state index in [2.05, 4.69) is 0 Å². The Kier molecular flexibility index (Phi) is 4.04. The summed E-state index contributed by atoms with van der Waals surface area (Å²) in [4.78, 5) is 71.8. The number of rotatable bonds is 4. The first-order valence-electron chi connectivity index (χ1n) is 7.44. The van der Waals surface area contributed by atoms with E-state index in [0.29, 0.717) is 6.07 Å². The molecular formula is C18H8O10. The third kappa shape index (κ3) is 2.43. The van der Waals surface area contributed by atoms with Crippen LogP contribution in [0.1, 0.15) is 73.3 Å². The summed E-state index contributed by atoms with van der Waals surface area (Å²) in [7, 11) is 0. The molecule has 28 heavy (non-hydrogen) atoms. The second kappa shape index (κ2) is 6.13. The summed E-state index contributed by atoms with van der Waals surface area (Å²) in [5.74, 6) is -9.38. The maximum absolute atomic E-state index is 12.9. The number of carboxylic acids is 4. The highest BCUT2D eigenvalue weighted by Gasteiger charge is 2.40. The molecule has 10 nitrogen and oxygen atoms in total. The van der Waals surface area contributed by atoms with Crippen LogP contribution in [0.4, 0.5) is 0 Å². The molecule has 2 aromatic carbocycles. The predicted octanol–water partition coefficient (Wildman–Crippen LogP) is 1.25. The Morgan fingerprint density at radius 1 is 0.607 bits per heavy atom. The molecule has 2 aromatic rings. The van der Waals surface area contributed by atoms with Crippen molar-refractivity contribution in [1.29, 1.82) is 0 Å². The van der Waals surface area contributed by atoms with E-state index in [9.17, 15) is 49.2 Å². The molecule has 0 amide bonds. The molecule has 140 valence electrons. The summed E-state index contributed by atoms with van der Waals surface area (Å²) in [6.45, 7) is 0. The smallest absolute Gasteiger partial charge is 0.337 e. The van der Waals surface area contributed by atoms with Gasteiger partial charge >= 0.3 is 23.9 Å². The Hall–Kier alpha value is -4.34. The molecule has 0 spiro atoms. The fraction of sp³-hybridized carbons (Fsp3) is 0. The number of aromatic carboxylic acids is 4. The Morgan fingerprint density at radius 3 is 1.64 bits per heavy atom. The first kappa shape index (κ1) is 18.5. The molecule has 0 atom stereocenters. The molecule has 0 unspecified atom stereocenters. The molecule has 0 bridgehead atoms. The topological polar surface area (TPSA) is 183 Å². The number of carboxylic acid groups (broad SMARTS) is 4. The van der Waals surface area contributed by atoms with Crippen molar-refractivity contribution >= 4 is 35.4 Å². The van der Waals surface area contributed by atoms with Crippen LogP contribution >= 0.6 is 0 Å². The molecule has 0 aliphatic heterocycles. The van der Waals surface area contributed by atoms with Crippen LogP contribution in [0, 0.1) is 0 Å². The Morgan fingerprint density at radius 2 is 1.14 bits per heavy atom. The van der Waals surface area contributed by atoms with Gasteiger partial charge in [0.1, 0.15) is 0 Å². The second-order valence-corrected chi connectivity index (χ2v) is 5.70. The molecule has 0 saturated heterocycles. The average molecular weight is 384 g/mol. The highest BCUT2D eigenvalue weighted by molar-refractivity contribution is 6.33. The summed E-state index contributed by atoms with van der Waals surface area (Å²) in [6, 6.07) is 3.90. The fourth-order valence-corrected chi connectivity index (χ4v) is 3.14. The van der Waals surface area contributed by atoms with Crippen LogP contribution in [0.25, 0.3) is 0 Å². The number of ketones is 2. The van der Waals surface area contributed by atoms with E-state index in [1.807, 2.05) is 0 Å². The maximum atomic E-state index is 12.9. The maximum Gasteiger partial charge on any atom is 0.337 e. The number of carbonyl (C=O) groups excluding carboxylic acids is 2. The van der Waals surface area contributed by atoms with Gasteiger partial charge in [-0.1, -0.05) is 12.1 Å². The highest BCUT2D eigenvalue weighted by atomic mass is 16.4. The SMILES string of the molecule is O=C(O)c1cccc2c1C(=O)c1cc(C(=O)O)c(C(=O)O)c(C(=O)O)c1C2=O. The third-order valence-electron chi connectivity index (χ3n) is 4.22. The lowest BCUT2D eigenvalue weighted by Gasteiger charge is -2.22. The van der Waals surface area contributed by atoms with Gasteiger partial charge in [0, 0.05) is 22.3 Å². The number of carbonyl (C=O) groups is 6. The van der Waals surface area contributed by atoms with E-state index < -0.39 is 80.0 Å². The lowest BCUT2D eigenvalue weighted by Crippen LogP contribution is -2.29. The predicted molar refractivity (Wildman–Crippen MR) is 87.6 cm³/mol. The Labute approximate surface area is 154 Å². The zero-order valence-electron chi connectivity index (χ0n) is 13.5. The van der Waals surface area contributed by atoms with Crippen LogP contribution < -0.4 is 0 Å². The summed E-state index contributed by atoms with van der Waals surface area (Å²) in [5, 5.41) is 37.3. The minimum absolute atomic E-state index is 0.417. The van der Waals surface area contributed by atoms with E-state index in [4.69, 9.17) is 0 Å². The van der Waals surface area contributed by atoms with Crippen molar-refractivity contribution in [2.24, 2.45) is 0 Å². The van der Waals surface area contributed by atoms with Crippen LogP contribution in [0.3, 0.4) is 0 Å². The van der Waals surface area contributed by atoms with Crippen LogP contribution in [0.2, 0.25) is 0 Å². The van der Waals surface area contributed by atoms with Gasteiger partial charge in [-0.05, 0) is 12.1 Å². The van der Waals surface area contributed by atoms with Gasteiger partial charge in [0.05, 0.1) is 22.3 Å². The molecule has 0 heterocycles. The lowest BCUT2D eigenvalue weighted by molar-refractivity contribution is 0.0631. The van der Waals surface area contributed by atoms with Crippen molar-refractivity contribution in [3.63, 3.8) is 0 Å². The van der Waals surface area contributed by atoms with Crippen molar-refractivity contribution in [2.45, 2.75) is 0 Å². The van der Waals surface area contributed by atoms with Gasteiger partial charge in [-0.25, -0.2) is 19.2 Å². The van der Waals surface area contributed by atoms with E-state index >= 15 is 0 Å². The van der Waals surface area contributed by atoms with Gasteiger partial charge in [0.25, 0.3) is 0 Å². The quantitative estimate of drug-likeness (QED) is 0.510. The van der Waals surface area contributed by atoms with Crippen LogP contribution in [-0.4, -0.2) is 55.9 Å². The van der Waals surface area contributed by atoms with E-state index in [1.54, 1.807) is 0 Å². The molecule has 0 fully saturated rings. The summed E-state index contributed by atoms with van der Waals surface area (Å²) < 4.78 is 0. The van der Waals surface area contributed by atoms with Gasteiger partial charge in [-0.2, -0.15) is 0 Å². The number of hydrogen-bond acceptors (Lipinski definition) is 6. The molecule has 1 aliphatic carbocycles. The molecule has 10 heteroatoms. The van der Waals surface area contributed by atoms with Crippen molar-refractivity contribution in [3.05, 3.63) is 68.8 Å². The van der Waals surface area contributed by atoms with Crippen LogP contribution in [0.5, 0.6) is 0 Å². The van der Waals surface area contributed by atoms with Gasteiger partial charge in [-0.15, -0.1) is 0 Å². The van der Waals surface area contributed by atoms with Gasteiger partial charge in [0.15, 0.2) is 11.6 Å². The molecular weight excluding hydrogens is 376 g/mol. The zero-order valence-corrected chi connectivity index (χ0v) is 13.5. The van der Waals surface area contributed by atoms with E-state index in [0.717, 1.165) is 12.1 Å². The number of fused-ring (bicyclic) bond motifs is 2. The third-order valence-corrected chi connectivity index (χ3v) is 4.22. The van der Waals surface area contributed by atoms with Gasteiger partial charge in [0.2, 0.25) is 0 Å². The van der Waals surface area contributed by atoms with Crippen LogP contribution in [-0.2, 0) is 0 Å². The summed E-state index contributed by atoms with van der Waals surface area (Å²) >= 11 is 0. The molecule has 0 radical (unpaired) electrons. The molecule has 0 aromatic heterocycles. The highest BCUT2D eigenvalue weighted by Crippen LogP contribution is 2.34. The molecule has 4 N–H and O–H groups in total. The monoisotopic (exact) mass is 384 g/mol. The van der Waals surface area contributed by atoms with Crippen LogP contribution in [0.15, 0.2) is 24.3 Å². The standard InChI is InChI=1S/C18H8O10/c19-13-5-2-1-3-6(15(21)22)9(5)14(20)7-4-8(16(23)24)11(17(25)26)12(10(7)13)18(27)28/h1-4H,(H,21,22)(H,23,24)(H,25,26)(H,27,28). The minimum Gasteiger partial charge on any atom is -0.478 e. The first-order chi connectivity index (χ1) is 13.1. The second-order valence-electron chi connectivity index (χ2n) is 5.70. The van der Waals surface area contributed by atoms with E-state index in [1.165, 1.54) is 6.07 Å². The normalized spacial score (nSPS) is 12.1. The fourth-order valence-electron chi connectivity index (χ4n) is 3.14. The summed E-state index contributed by atoms with van der Waals surface area (Å²) in [6.07, 6.45) is 0. The molecule has 1 aliphatic rings. The van der Waals surface area contributed by atoms with Crippen molar-refractivity contribution in [1.82, 2.24) is 0 Å². The van der Waals surface area contributed by atoms with Gasteiger partial charge in [-0.3, -0.25) is 9.59 Å². The van der Waals surface area contributed by atoms with Crippen molar-refractivity contribution < 1.29 is 49.2 Å². The Bertz CT molecular complexity index is 1150. The number of hydrogen-bond donors (Lipinski definition) is 4. The Balaban J connectivity index is 2.52. The first-order valence-corrected chi connectivity index (χ1v) is 7.44. The largest absolute Gasteiger partial charge is 0.478 e. The van der Waals surface area contributed by atoms with Crippen molar-refractivity contribution in [2.75, 3.05) is 0 Å². The number of benzene rings is 2. The summed E-state index contributed by atoms with van der Waals surface area (Å²) in [5.41, 5.74) is -6.27. The zero-order chi connectivity index (χ0) is 20.9. The molecule has 3 rings (SSSR count). The van der Waals surface area contributed by atoms with Gasteiger partial charge < -0.3 is 20.4 Å². The average Bonchev–Trinajstić information content (AvgIpc) is 2.63. The lowest BCUT2D eigenvalue weighted by atomic mass is 9.77. The van der Waals surface area contributed by atoms with Crippen molar-refractivity contribution in [3.8, 4) is 0 Å². The van der Waals surface area contributed by atoms with E-state index in [-0.39, 0.29) is 0 Å². The minimum atomic E-state index is -1.92.